The molecule has 5 rings (SSSR count). The first kappa shape index (κ1) is 36.6. The fourth-order valence-corrected chi connectivity index (χ4v) is 9.89. The summed E-state index contributed by atoms with van der Waals surface area (Å²) in [5.41, 5.74) is 0.581. The number of likely N-dealkylation sites (tertiary alicyclic amines) is 2. The first-order chi connectivity index (χ1) is 22.8. The molecule has 2 aromatic rings. The summed E-state index contributed by atoms with van der Waals surface area (Å²) >= 11 is 0. The van der Waals surface area contributed by atoms with Gasteiger partial charge in [0.1, 0.15) is 5.75 Å². The van der Waals surface area contributed by atoms with Crippen molar-refractivity contribution < 1.29 is 35.9 Å². The van der Waals surface area contributed by atoms with Gasteiger partial charge in [0, 0.05) is 38.6 Å². The van der Waals surface area contributed by atoms with Gasteiger partial charge < -0.3 is 19.3 Å². The van der Waals surface area contributed by atoms with Crippen LogP contribution in [0, 0.1) is 13.8 Å². The molecule has 0 aromatic heterocycles. The van der Waals surface area contributed by atoms with E-state index in [9.17, 15) is 26.4 Å². The van der Waals surface area contributed by atoms with E-state index in [1.165, 1.54) is 12.1 Å². The lowest BCUT2D eigenvalue weighted by Crippen LogP contribution is -2.47. The Morgan fingerprint density at radius 2 is 1.56 bits per heavy atom. The first-order valence-electron chi connectivity index (χ1n) is 17.3. The highest BCUT2D eigenvalue weighted by atomic mass is 32.2. The van der Waals surface area contributed by atoms with Gasteiger partial charge in [0.15, 0.2) is 0 Å². The Hall–Kier alpha value is -2.67. The van der Waals surface area contributed by atoms with Gasteiger partial charge in [0.2, 0.25) is 15.9 Å². The number of piperidine rings is 2. The van der Waals surface area contributed by atoms with Crippen molar-refractivity contribution in [3.63, 3.8) is 0 Å². The number of methoxy groups -OCH3 is 1. The van der Waals surface area contributed by atoms with Crippen LogP contribution in [0.4, 0.5) is 13.2 Å². The number of amides is 1. The molecule has 12 heteroatoms. The molecule has 3 aliphatic rings. The van der Waals surface area contributed by atoms with Crippen LogP contribution in [-0.2, 0) is 31.3 Å². The number of rotatable bonds is 12. The van der Waals surface area contributed by atoms with Crippen molar-refractivity contribution in [3.8, 4) is 5.75 Å². The molecule has 1 amide bonds. The highest BCUT2D eigenvalue weighted by molar-refractivity contribution is 7.89. The number of hydrogen-bond acceptors (Lipinski definition) is 6. The average Bonchev–Trinajstić information content (AvgIpc) is 3.58. The predicted octanol–water partition coefficient (Wildman–Crippen LogP) is 6.67. The van der Waals surface area contributed by atoms with Crippen molar-refractivity contribution in [2.45, 2.75) is 101 Å². The van der Waals surface area contributed by atoms with E-state index in [1.54, 1.807) is 37.4 Å². The SMILES string of the molecule is COc1cc(C)c(S(=O)(=O)N2CCCCC2CCCC(=O)N2CCC(OCCN3CCCC3)(c3ccc(C(F)(F)F)cc3)CC2)c(C)c1. The summed E-state index contributed by atoms with van der Waals surface area (Å²) in [6.07, 6.45) is 2.91. The van der Waals surface area contributed by atoms with Gasteiger partial charge in [-0.2, -0.15) is 17.5 Å². The summed E-state index contributed by atoms with van der Waals surface area (Å²) in [5, 5.41) is 0. The number of aryl methyl sites for hydroxylation is 2. The largest absolute Gasteiger partial charge is 0.497 e. The van der Waals surface area contributed by atoms with E-state index >= 15 is 0 Å². The molecule has 0 radical (unpaired) electrons. The molecule has 48 heavy (non-hydrogen) atoms. The highest BCUT2D eigenvalue weighted by Gasteiger charge is 2.40. The zero-order valence-corrected chi connectivity index (χ0v) is 29.3. The van der Waals surface area contributed by atoms with E-state index in [0.717, 1.165) is 63.9 Å². The first-order valence-corrected chi connectivity index (χ1v) is 18.8. The number of sulfonamides is 1. The molecule has 1 unspecified atom stereocenters. The lowest BCUT2D eigenvalue weighted by Gasteiger charge is -2.42. The van der Waals surface area contributed by atoms with Crippen LogP contribution in [0.3, 0.4) is 0 Å². The minimum atomic E-state index is -4.41. The van der Waals surface area contributed by atoms with Crippen LogP contribution >= 0.6 is 0 Å². The molecule has 3 aliphatic heterocycles. The maximum Gasteiger partial charge on any atom is 0.416 e. The zero-order chi connectivity index (χ0) is 34.5. The van der Waals surface area contributed by atoms with Crippen molar-refractivity contribution in [2.75, 3.05) is 53.0 Å². The van der Waals surface area contributed by atoms with Crippen molar-refractivity contribution in [2.24, 2.45) is 0 Å². The lowest BCUT2D eigenvalue weighted by molar-refractivity contribution is -0.141. The number of benzene rings is 2. The predicted molar refractivity (Wildman–Crippen MR) is 178 cm³/mol. The minimum Gasteiger partial charge on any atom is -0.497 e. The van der Waals surface area contributed by atoms with Crippen molar-refractivity contribution in [3.05, 3.63) is 58.7 Å². The minimum absolute atomic E-state index is 0.0140. The summed E-state index contributed by atoms with van der Waals surface area (Å²) in [7, 11) is -2.17. The molecule has 3 heterocycles. The molecule has 0 spiro atoms. The third-order valence-electron chi connectivity index (χ3n) is 10.4. The van der Waals surface area contributed by atoms with Crippen LogP contribution in [0.2, 0.25) is 0 Å². The Bertz CT molecular complexity index is 1480. The van der Waals surface area contributed by atoms with E-state index in [1.807, 2.05) is 4.90 Å². The number of carbonyl (C=O) groups excluding carboxylic acids is 1. The van der Waals surface area contributed by atoms with Gasteiger partial charge in [-0.15, -0.1) is 0 Å². The van der Waals surface area contributed by atoms with Gasteiger partial charge in [-0.1, -0.05) is 18.6 Å². The highest BCUT2D eigenvalue weighted by Crippen LogP contribution is 2.39. The molecule has 3 saturated heterocycles. The summed E-state index contributed by atoms with van der Waals surface area (Å²) in [4.78, 5) is 17.9. The maximum absolute atomic E-state index is 13.9. The summed E-state index contributed by atoms with van der Waals surface area (Å²) in [6.45, 7) is 8.26. The van der Waals surface area contributed by atoms with Gasteiger partial charge in [0.25, 0.3) is 0 Å². The second-order valence-corrected chi connectivity index (χ2v) is 15.4. The summed E-state index contributed by atoms with van der Waals surface area (Å²) < 4.78 is 81.2. The van der Waals surface area contributed by atoms with Gasteiger partial charge in [-0.05, 0) is 119 Å². The third-order valence-corrected chi connectivity index (χ3v) is 12.6. The van der Waals surface area contributed by atoms with Crippen molar-refractivity contribution in [1.29, 1.82) is 0 Å². The molecule has 266 valence electrons. The summed E-state index contributed by atoms with van der Waals surface area (Å²) in [6, 6.07) is 8.61. The van der Waals surface area contributed by atoms with E-state index in [2.05, 4.69) is 4.90 Å². The zero-order valence-electron chi connectivity index (χ0n) is 28.5. The average molecular weight is 694 g/mol. The molecule has 0 N–H and O–H groups in total. The Kier molecular flexibility index (Phi) is 11.8. The van der Waals surface area contributed by atoms with Gasteiger partial charge in [-0.3, -0.25) is 4.79 Å². The van der Waals surface area contributed by atoms with E-state index in [-0.39, 0.29) is 11.9 Å². The Labute approximate surface area is 283 Å². The van der Waals surface area contributed by atoms with Crippen molar-refractivity contribution >= 4 is 15.9 Å². The molecule has 3 fully saturated rings. The molecule has 0 saturated carbocycles. The smallest absolute Gasteiger partial charge is 0.416 e. The molecule has 1 atom stereocenters. The van der Waals surface area contributed by atoms with Crippen molar-refractivity contribution in [1.82, 2.24) is 14.1 Å². The lowest BCUT2D eigenvalue weighted by atomic mass is 9.83. The van der Waals surface area contributed by atoms with Gasteiger partial charge >= 0.3 is 6.18 Å². The molecule has 0 aliphatic carbocycles. The topological polar surface area (TPSA) is 79.4 Å². The number of hydrogen-bond donors (Lipinski definition) is 0. The second kappa shape index (κ2) is 15.5. The van der Waals surface area contributed by atoms with E-state index in [0.29, 0.717) is 85.7 Å². The summed E-state index contributed by atoms with van der Waals surface area (Å²) in [5.74, 6) is 0.640. The van der Waals surface area contributed by atoms with Crippen LogP contribution in [0.1, 0.15) is 86.5 Å². The van der Waals surface area contributed by atoms with Crippen LogP contribution in [-0.4, -0.2) is 87.5 Å². The molecule has 8 nitrogen and oxygen atoms in total. The molecular formula is C36H50F3N3O5S. The molecule has 0 bridgehead atoms. The number of ether oxygens (including phenoxy) is 2. The van der Waals surface area contributed by atoms with Crippen LogP contribution in [0.5, 0.6) is 5.75 Å². The van der Waals surface area contributed by atoms with E-state index in [4.69, 9.17) is 9.47 Å². The second-order valence-electron chi connectivity index (χ2n) is 13.6. The standard InChI is InChI=1S/C36H50F3N3O5S/c1-27-25-32(46-3)26-28(2)34(27)48(44,45)42-20-5-4-9-31(42)10-8-11-33(43)41-21-16-35(17-22-41,47-24-23-40-18-6-7-19-40)29-12-14-30(15-13-29)36(37,38)39/h12-15,25-26,31H,4-11,16-24H2,1-3H3. The molecular weight excluding hydrogens is 643 g/mol. The Morgan fingerprint density at radius 3 is 2.17 bits per heavy atom. The number of nitrogens with zero attached hydrogens (tertiary/aromatic N) is 3. The van der Waals surface area contributed by atoms with Crippen LogP contribution in [0.15, 0.2) is 41.3 Å². The monoisotopic (exact) mass is 693 g/mol. The van der Waals surface area contributed by atoms with Crippen LogP contribution in [0.25, 0.3) is 0 Å². The van der Waals surface area contributed by atoms with Gasteiger partial charge in [-0.25, -0.2) is 8.42 Å². The number of alkyl halides is 3. The maximum atomic E-state index is 13.9. The van der Waals surface area contributed by atoms with E-state index < -0.39 is 27.4 Å². The van der Waals surface area contributed by atoms with Gasteiger partial charge in [0.05, 0.1) is 29.8 Å². The fourth-order valence-electron chi connectivity index (χ4n) is 7.75. The van der Waals surface area contributed by atoms with Crippen LogP contribution < -0.4 is 4.74 Å². The Morgan fingerprint density at radius 1 is 0.938 bits per heavy atom. The third kappa shape index (κ3) is 8.37. The fraction of sp³-hybridized carbons (Fsp3) is 0.639. The number of halogens is 3. The molecule has 2 aromatic carbocycles. The Balaban J connectivity index is 1.19. The quantitative estimate of drug-likeness (QED) is 0.247. The number of carbonyl (C=O) groups is 1. The normalized spacial score (nSPS) is 21.0.